The molecule has 2 aliphatic heterocycles. The number of pyridine rings is 1. The lowest BCUT2D eigenvalue weighted by atomic mass is 9.81. The summed E-state index contributed by atoms with van der Waals surface area (Å²) >= 11 is 0. The number of aryl methyl sites for hydroxylation is 2. The molecule has 0 radical (unpaired) electrons. The number of fused-ring (bicyclic) bond motifs is 5. The highest BCUT2D eigenvalue weighted by Gasteiger charge is 2.44. The summed E-state index contributed by atoms with van der Waals surface area (Å²) in [6.07, 6.45) is 4.61. The van der Waals surface area contributed by atoms with E-state index < -0.39 is 17.5 Å². The molecule has 2 unspecified atom stereocenters. The Morgan fingerprint density at radius 1 is 1.06 bits per heavy atom. The van der Waals surface area contributed by atoms with Crippen LogP contribution >= 0.6 is 0 Å². The molecule has 2 atom stereocenters. The van der Waals surface area contributed by atoms with Gasteiger partial charge in [0.15, 0.2) is 28.8 Å². The second kappa shape index (κ2) is 7.41. The fourth-order valence-corrected chi connectivity index (χ4v) is 5.57. The number of aromatic nitrogens is 5. The maximum atomic E-state index is 14.0. The van der Waals surface area contributed by atoms with E-state index in [9.17, 15) is 18.0 Å². The summed E-state index contributed by atoms with van der Waals surface area (Å²) in [5.74, 6) is -4.16. The van der Waals surface area contributed by atoms with Gasteiger partial charge in [-0.3, -0.25) is 9.48 Å². The first-order valence-electron chi connectivity index (χ1n) is 11.2. The Labute approximate surface area is 192 Å². The molecule has 174 valence electrons. The number of halogens is 3. The molecule has 34 heavy (non-hydrogen) atoms. The molecule has 10 heteroatoms. The van der Waals surface area contributed by atoms with Crippen LogP contribution in [0.4, 0.5) is 13.2 Å². The van der Waals surface area contributed by atoms with Gasteiger partial charge in [0.1, 0.15) is 0 Å². The molecule has 0 saturated carbocycles. The van der Waals surface area contributed by atoms with Gasteiger partial charge in [-0.15, -0.1) is 0 Å². The predicted octanol–water partition coefficient (Wildman–Crippen LogP) is 4.08. The Morgan fingerprint density at radius 3 is 2.59 bits per heavy atom. The van der Waals surface area contributed by atoms with Crippen LogP contribution in [0, 0.1) is 17.5 Å². The molecule has 1 amide bonds. The highest BCUT2D eigenvalue weighted by molar-refractivity contribution is 6.04. The maximum Gasteiger partial charge on any atom is 0.275 e. The second-order valence-electron chi connectivity index (χ2n) is 8.95. The minimum Gasteiger partial charge on any atom is -0.325 e. The van der Waals surface area contributed by atoms with E-state index in [0.717, 1.165) is 37.0 Å². The number of nitrogens with zero attached hydrogens (tertiary/aromatic N) is 6. The number of hydrogen-bond acceptors (Lipinski definition) is 4. The first-order chi connectivity index (χ1) is 16.3. The van der Waals surface area contributed by atoms with Crippen molar-refractivity contribution in [3.8, 4) is 11.3 Å². The van der Waals surface area contributed by atoms with Gasteiger partial charge >= 0.3 is 0 Å². The fraction of sp³-hybridized carbons (Fsp3) is 0.333. The molecule has 4 aromatic rings. The van der Waals surface area contributed by atoms with E-state index in [0.29, 0.717) is 34.5 Å². The molecule has 0 spiro atoms. The highest BCUT2D eigenvalue weighted by atomic mass is 19.2. The Hall–Kier alpha value is -3.69. The zero-order valence-corrected chi connectivity index (χ0v) is 18.6. The lowest BCUT2D eigenvalue weighted by Crippen LogP contribution is -2.50. The molecule has 7 nitrogen and oxygen atoms in total. The summed E-state index contributed by atoms with van der Waals surface area (Å²) in [5, 5.41) is 9.83. The predicted molar refractivity (Wildman–Crippen MR) is 117 cm³/mol. The average Bonchev–Trinajstić information content (AvgIpc) is 3.33. The zero-order chi connectivity index (χ0) is 23.7. The van der Waals surface area contributed by atoms with Crippen LogP contribution < -0.4 is 0 Å². The van der Waals surface area contributed by atoms with Gasteiger partial charge in [0.25, 0.3) is 5.91 Å². The summed E-state index contributed by atoms with van der Waals surface area (Å²) in [7, 11) is 3.45. The third-order valence-corrected chi connectivity index (χ3v) is 6.97. The Balaban J connectivity index is 1.46. The van der Waals surface area contributed by atoms with Crippen molar-refractivity contribution in [2.24, 2.45) is 14.1 Å². The summed E-state index contributed by atoms with van der Waals surface area (Å²) in [4.78, 5) is 20.0. The van der Waals surface area contributed by atoms with Crippen LogP contribution in [0.3, 0.4) is 0 Å². The van der Waals surface area contributed by atoms with Crippen LogP contribution in [-0.2, 0) is 20.5 Å². The number of hydrogen-bond donors (Lipinski definition) is 0. The van der Waals surface area contributed by atoms with Gasteiger partial charge in [0, 0.05) is 37.5 Å². The number of carbonyl (C=O) groups excluding carboxylic acids is 1. The van der Waals surface area contributed by atoms with E-state index >= 15 is 0 Å². The standard InChI is InChI=1S/C24H21F3N6O/c1-31-22(12-9-16(25)19(27)17(26)10-12)15-11-13-5-3-7-18(20(15)29-31)33(13)24(34)21-14-6-4-8-28-23(14)32(2)30-21/h4,6,8-10,13,18H,3,5,7,11H2,1-2H3. The van der Waals surface area contributed by atoms with Crippen molar-refractivity contribution in [3.05, 3.63) is 64.9 Å². The lowest BCUT2D eigenvalue weighted by molar-refractivity contribution is 0.0387. The van der Waals surface area contributed by atoms with Gasteiger partial charge in [-0.05, 0) is 49.9 Å². The number of benzene rings is 1. The number of carbonyl (C=O) groups is 1. The zero-order valence-electron chi connectivity index (χ0n) is 18.6. The molecule has 2 bridgehead atoms. The molecule has 1 saturated heterocycles. The Bertz CT molecular complexity index is 1450. The maximum absolute atomic E-state index is 14.0. The van der Waals surface area contributed by atoms with E-state index in [1.165, 1.54) is 0 Å². The van der Waals surface area contributed by atoms with Gasteiger partial charge in [0.05, 0.1) is 22.8 Å². The second-order valence-corrected chi connectivity index (χ2v) is 8.95. The number of rotatable bonds is 2. The third-order valence-electron chi connectivity index (χ3n) is 6.97. The largest absolute Gasteiger partial charge is 0.325 e. The van der Waals surface area contributed by atoms with Crippen LogP contribution in [0.15, 0.2) is 30.5 Å². The molecular weight excluding hydrogens is 445 g/mol. The molecule has 1 aromatic carbocycles. The summed E-state index contributed by atoms with van der Waals surface area (Å²) in [6.45, 7) is 0. The van der Waals surface area contributed by atoms with E-state index in [2.05, 4.69) is 15.2 Å². The van der Waals surface area contributed by atoms with Crippen molar-refractivity contribution in [2.45, 2.75) is 37.8 Å². The monoisotopic (exact) mass is 466 g/mol. The summed E-state index contributed by atoms with van der Waals surface area (Å²) in [5.41, 5.74) is 3.32. The van der Waals surface area contributed by atoms with Crippen molar-refractivity contribution in [2.75, 3.05) is 0 Å². The van der Waals surface area contributed by atoms with Gasteiger partial charge in [-0.2, -0.15) is 10.2 Å². The first-order valence-corrected chi connectivity index (χ1v) is 11.2. The summed E-state index contributed by atoms with van der Waals surface area (Å²) in [6, 6.07) is 5.22. The van der Waals surface area contributed by atoms with Gasteiger partial charge in [0.2, 0.25) is 0 Å². The SMILES string of the molecule is Cn1nc2c(c1-c1cc(F)c(F)c(F)c1)CC1CCCC2N1C(=O)c1nn(C)c2ncccc12. The molecule has 0 aliphatic carbocycles. The number of amides is 1. The van der Waals surface area contributed by atoms with E-state index in [1.807, 2.05) is 11.0 Å². The van der Waals surface area contributed by atoms with E-state index in [4.69, 9.17) is 0 Å². The van der Waals surface area contributed by atoms with Crippen LogP contribution in [-0.4, -0.2) is 41.4 Å². The van der Waals surface area contributed by atoms with Crippen molar-refractivity contribution in [1.82, 2.24) is 29.4 Å². The molecule has 3 aromatic heterocycles. The van der Waals surface area contributed by atoms with Gasteiger partial charge in [-0.1, -0.05) is 0 Å². The van der Waals surface area contributed by atoms with Crippen molar-refractivity contribution >= 4 is 16.9 Å². The van der Waals surface area contributed by atoms with Crippen LogP contribution in [0.25, 0.3) is 22.3 Å². The van der Waals surface area contributed by atoms with E-state index in [-0.39, 0.29) is 23.6 Å². The Morgan fingerprint density at radius 2 is 1.82 bits per heavy atom. The molecular formula is C24H21F3N6O. The molecule has 2 aliphatic rings. The highest BCUT2D eigenvalue weighted by Crippen LogP contribution is 2.45. The fourth-order valence-electron chi connectivity index (χ4n) is 5.57. The van der Waals surface area contributed by atoms with E-state index in [1.54, 1.807) is 35.7 Å². The van der Waals surface area contributed by atoms with Gasteiger partial charge in [-0.25, -0.2) is 22.8 Å². The molecule has 5 heterocycles. The quantitative estimate of drug-likeness (QED) is 0.418. The normalized spacial score (nSPS) is 19.5. The minimum atomic E-state index is -1.49. The smallest absolute Gasteiger partial charge is 0.275 e. The minimum absolute atomic E-state index is 0.106. The van der Waals surface area contributed by atoms with Crippen molar-refractivity contribution in [3.63, 3.8) is 0 Å². The Kier molecular flexibility index (Phi) is 4.55. The average molecular weight is 466 g/mol. The van der Waals surface area contributed by atoms with Crippen LogP contribution in [0.2, 0.25) is 0 Å². The summed E-state index contributed by atoms with van der Waals surface area (Å²) < 4.78 is 44.7. The molecule has 0 N–H and O–H groups in total. The molecule has 1 fully saturated rings. The molecule has 6 rings (SSSR count). The van der Waals surface area contributed by atoms with Crippen molar-refractivity contribution < 1.29 is 18.0 Å². The van der Waals surface area contributed by atoms with Crippen LogP contribution in [0.1, 0.15) is 47.1 Å². The topological polar surface area (TPSA) is 68.8 Å². The number of piperidine rings is 1. The van der Waals surface area contributed by atoms with Crippen LogP contribution in [0.5, 0.6) is 0 Å². The lowest BCUT2D eigenvalue weighted by Gasteiger charge is -2.45. The van der Waals surface area contributed by atoms with Crippen molar-refractivity contribution in [1.29, 1.82) is 0 Å². The third kappa shape index (κ3) is 2.90. The first kappa shape index (κ1) is 20.9. The van der Waals surface area contributed by atoms with Gasteiger partial charge < -0.3 is 4.90 Å².